The predicted octanol–water partition coefficient (Wildman–Crippen LogP) is 6.30. The van der Waals surface area contributed by atoms with Gasteiger partial charge in [0.2, 0.25) is 0 Å². The van der Waals surface area contributed by atoms with E-state index >= 15 is 0 Å². The second kappa shape index (κ2) is 8.82. The number of aromatic nitrogens is 1. The Morgan fingerprint density at radius 1 is 1.03 bits per heavy atom. The van der Waals surface area contributed by atoms with Crippen molar-refractivity contribution in [3.63, 3.8) is 0 Å². The van der Waals surface area contributed by atoms with E-state index < -0.39 is 0 Å². The first-order valence-electron chi connectivity index (χ1n) is 10.4. The van der Waals surface area contributed by atoms with Gasteiger partial charge in [-0.1, -0.05) is 37.3 Å². The number of nitrogens with zero attached hydrogens (tertiary/aromatic N) is 2. The smallest absolute Gasteiger partial charge is 0.267 e. The Bertz CT molecular complexity index is 1300. The van der Waals surface area contributed by atoms with Crippen LogP contribution in [0.5, 0.6) is 0 Å². The summed E-state index contributed by atoms with van der Waals surface area (Å²) in [7, 11) is 0. The summed E-state index contributed by atoms with van der Waals surface area (Å²) in [6, 6.07) is 20.0. The van der Waals surface area contributed by atoms with E-state index in [2.05, 4.69) is 49.5 Å². The van der Waals surface area contributed by atoms with Crippen molar-refractivity contribution in [2.45, 2.75) is 34.1 Å². The van der Waals surface area contributed by atoms with E-state index in [-0.39, 0.29) is 5.91 Å². The van der Waals surface area contributed by atoms with Gasteiger partial charge in [-0.3, -0.25) is 4.79 Å². The highest BCUT2D eigenvalue weighted by Gasteiger charge is 2.14. The zero-order valence-corrected chi connectivity index (χ0v) is 19.0. The van der Waals surface area contributed by atoms with E-state index in [1.54, 1.807) is 11.3 Å². The van der Waals surface area contributed by atoms with Gasteiger partial charge in [0.15, 0.2) is 0 Å². The van der Waals surface area contributed by atoms with Crippen molar-refractivity contribution in [2.24, 2.45) is 5.10 Å². The Morgan fingerprint density at radius 2 is 1.84 bits per heavy atom. The lowest BCUT2D eigenvalue weighted by molar-refractivity contribution is 0.0956. The van der Waals surface area contributed by atoms with Crippen LogP contribution < -0.4 is 5.43 Å². The number of fused-ring (bicyclic) bond motifs is 1. The molecule has 156 valence electrons. The fourth-order valence-corrected chi connectivity index (χ4v) is 4.32. The van der Waals surface area contributed by atoms with Crippen LogP contribution >= 0.6 is 11.3 Å². The molecule has 2 aromatic heterocycles. The summed E-state index contributed by atoms with van der Waals surface area (Å²) >= 11 is 1.70. The van der Waals surface area contributed by atoms with Crippen molar-refractivity contribution in [3.8, 4) is 11.3 Å². The Hall–Kier alpha value is -3.31. The van der Waals surface area contributed by atoms with Gasteiger partial charge in [0.1, 0.15) is 0 Å². The van der Waals surface area contributed by atoms with Crippen molar-refractivity contribution in [1.82, 2.24) is 10.4 Å². The van der Waals surface area contributed by atoms with E-state index in [4.69, 9.17) is 4.98 Å². The van der Waals surface area contributed by atoms with Crippen LogP contribution in [0.4, 0.5) is 0 Å². The topological polar surface area (TPSA) is 54.4 Å². The van der Waals surface area contributed by atoms with Gasteiger partial charge in [-0.15, -0.1) is 11.3 Å². The Balaban J connectivity index is 1.70. The molecular weight excluding hydrogens is 402 g/mol. The van der Waals surface area contributed by atoms with Gasteiger partial charge in [-0.2, -0.15) is 5.10 Å². The van der Waals surface area contributed by atoms with Crippen LogP contribution in [-0.4, -0.2) is 16.6 Å². The number of para-hydroxylation sites is 1. The summed E-state index contributed by atoms with van der Waals surface area (Å²) < 4.78 is 0. The minimum atomic E-state index is -0.240. The molecule has 5 heteroatoms. The van der Waals surface area contributed by atoms with Gasteiger partial charge in [0.25, 0.3) is 5.91 Å². The first kappa shape index (κ1) is 20.9. The molecule has 0 radical (unpaired) electrons. The van der Waals surface area contributed by atoms with Crippen LogP contribution in [0.3, 0.4) is 0 Å². The molecule has 0 bridgehead atoms. The van der Waals surface area contributed by atoms with E-state index in [9.17, 15) is 4.79 Å². The standard InChI is InChI=1S/C26H25N3OS/c1-5-20-12-13-25(31-20)18(4)28-29-26(30)22-15-24(19-11-10-16(2)17(3)14-19)27-23-9-7-6-8-21(22)23/h6-15H,5H2,1-4H3,(H,29,30). The first-order chi connectivity index (χ1) is 15.0. The van der Waals surface area contributed by atoms with Gasteiger partial charge in [-0.05, 0) is 68.7 Å². The third-order valence-electron chi connectivity index (χ3n) is 5.46. The van der Waals surface area contributed by atoms with Crippen molar-refractivity contribution in [3.05, 3.63) is 87.1 Å². The number of aryl methyl sites for hydroxylation is 3. The van der Waals surface area contributed by atoms with Crippen molar-refractivity contribution >= 4 is 33.9 Å². The van der Waals surface area contributed by atoms with Crippen LogP contribution in [0.15, 0.2) is 65.8 Å². The number of nitrogens with one attached hydrogen (secondary N) is 1. The maximum absolute atomic E-state index is 13.1. The lowest BCUT2D eigenvalue weighted by Gasteiger charge is -2.10. The fourth-order valence-electron chi connectivity index (χ4n) is 3.42. The molecule has 0 spiro atoms. The van der Waals surface area contributed by atoms with Crippen LogP contribution in [-0.2, 0) is 6.42 Å². The molecule has 1 amide bonds. The Morgan fingerprint density at radius 3 is 2.58 bits per heavy atom. The average Bonchev–Trinajstić information content (AvgIpc) is 3.28. The maximum Gasteiger partial charge on any atom is 0.272 e. The molecule has 0 saturated carbocycles. The highest BCUT2D eigenvalue weighted by molar-refractivity contribution is 7.14. The number of amides is 1. The Labute approximate surface area is 186 Å². The second-order valence-corrected chi connectivity index (χ2v) is 8.80. The number of hydrogen-bond donors (Lipinski definition) is 1. The molecule has 2 heterocycles. The summed E-state index contributed by atoms with van der Waals surface area (Å²) in [6.07, 6.45) is 0.995. The molecule has 4 aromatic rings. The number of carbonyl (C=O) groups excluding carboxylic acids is 1. The number of pyridine rings is 1. The minimum absolute atomic E-state index is 0.240. The largest absolute Gasteiger partial charge is 0.272 e. The van der Waals surface area contributed by atoms with E-state index in [1.165, 1.54) is 16.0 Å². The third kappa shape index (κ3) is 4.42. The third-order valence-corrected chi connectivity index (χ3v) is 6.79. The van der Waals surface area contributed by atoms with Gasteiger partial charge in [-0.25, -0.2) is 10.4 Å². The molecule has 0 aliphatic heterocycles. The molecule has 2 aromatic carbocycles. The molecule has 0 saturated heterocycles. The zero-order chi connectivity index (χ0) is 22.0. The predicted molar refractivity (Wildman–Crippen MR) is 130 cm³/mol. The van der Waals surface area contributed by atoms with Crippen LogP contribution in [0, 0.1) is 13.8 Å². The number of thiophene rings is 1. The SMILES string of the molecule is CCc1ccc(C(C)=NNC(=O)c2cc(-c3ccc(C)c(C)c3)nc3ccccc23)s1. The van der Waals surface area contributed by atoms with Gasteiger partial charge in [0, 0.05) is 15.8 Å². The first-order valence-corrected chi connectivity index (χ1v) is 11.2. The molecule has 0 atom stereocenters. The molecule has 1 N–H and O–H groups in total. The summed E-state index contributed by atoms with van der Waals surface area (Å²) in [5.41, 5.74) is 9.09. The molecule has 4 rings (SSSR count). The zero-order valence-electron chi connectivity index (χ0n) is 18.2. The molecular formula is C26H25N3OS. The lowest BCUT2D eigenvalue weighted by Crippen LogP contribution is -2.19. The van der Waals surface area contributed by atoms with E-state index in [0.717, 1.165) is 39.2 Å². The molecule has 0 unspecified atom stereocenters. The van der Waals surface area contributed by atoms with Crippen molar-refractivity contribution in [1.29, 1.82) is 0 Å². The lowest BCUT2D eigenvalue weighted by atomic mass is 10.0. The molecule has 0 fully saturated rings. The van der Waals surface area contributed by atoms with Crippen molar-refractivity contribution < 1.29 is 4.79 Å². The van der Waals surface area contributed by atoms with Gasteiger partial charge < -0.3 is 0 Å². The summed E-state index contributed by atoms with van der Waals surface area (Å²) in [5.74, 6) is -0.240. The quantitative estimate of drug-likeness (QED) is 0.300. The summed E-state index contributed by atoms with van der Waals surface area (Å²) in [4.78, 5) is 20.3. The van der Waals surface area contributed by atoms with Gasteiger partial charge in [0.05, 0.1) is 27.4 Å². The van der Waals surface area contributed by atoms with Crippen LogP contribution in [0.2, 0.25) is 0 Å². The molecule has 0 aliphatic carbocycles. The van der Waals surface area contributed by atoms with Crippen molar-refractivity contribution in [2.75, 3.05) is 0 Å². The number of hydrogen-bond acceptors (Lipinski definition) is 4. The average molecular weight is 428 g/mol. The van der Waals surface area contributed by atoms with Crippen LogP contribution in [0.1, 0.15) is 45.1 Å². The molecule has 31 heavy (non-hydrogen) atoms. The monoisotopic (exact) mass is 427 g/mol. The highest BCUT2D eigenvalue weighted by atomic mass is 32.1. The highest BCUT2D eigenvalue weighted by Crippen LogP contribution is 2.26. The molecule has 4 nitrogen and oxygen atoms in total. The van der Waals surface area contributed by atoms with Crippen LogP contribution in [0.25, 0.3) is 22.2 Å². The number of hydrazone groups is 1. The van der Waals surface area contributed by atoms with Gasteiger partial charge >= 0.3 is 0 Å². The minimum Gasteiger partial charge on any atom is -0.267 e. The number of rotatable bonds is 5. The fraction of sp³-hybridized carbons (Fsp3) is 0.192. The van der Waals surface area contributed by atoms with E-state index in [0.29, 0.717) is 5.56 Å². The maximum atomic E-state index is 13.1. The Kier molecular flexibility index (Phi) is 5.96. The number of carbonyl (C=O) groups is 1. The normalized spacial score (nSPS) is 11.7. The second-order valence-electron chi connectivity index (χ2n) is 7.63. The summed E-state index contributed by atoms with van der Waals surface area (Å²) in [5, 5.41) is 5.17. The number of benzene rings is 2. The van der Waals surface area contributed by atoms with E-state index in [1.807, 2.05) is 49.4 Å². The molecule has 0 aliphatic rings. The summed E-state index contributed by atoms with van der Waals surface area (Å²) in [6.45, 7) is 8.21.